The van der Waals surface area contributed by atoms with Crippen LogP contribution in [0.3, 0.4) is 0 Å². The van der Waals surface area contributed by atoms with E-state index in [0.717, 1.165) is 49.2 Å². The van der Waals surface area contributed by atoms with Crippen molar-refractivity contribution in [1.29, 1.82) is 0 Å². The molecular weight excluding hydrogens is 777 g/mol. The maximum atomic E-state index is 12.1. The molecule has 0 spiro atoms. The highest BCUT2D eigenvalue weighted by molar-refractivity contribution is 7.98. The summed E-state index contributed by atoms with van der Waals surface area (Å²) in [6.45, 7) is 12.0. The highest BCUT2D eigenvalue weighted by Gasteiger charge is 2.43. The number of aliphatic hydroxyl groups excluding tert-OH is 7. The number of hydrogen-bond acceptors (Lipinski definition) is 14. The molecular formula is C43H92N6O9S+2. The Kier molecular flexibility index (Phi) is 27.9. The van der Waals surface area contributed by atoms with Gasteiger partial charge < -0.3 is 55.9 Å². The van der Waals surface area contributed by atoms with Crippen molar-refractivity contribution in [2.24, 2.45) is 29.6 Å². The molecule has 0 radical (unpaired) electrons. The van der Waals surface area contributed by atoms with Gasteiger partial charge in [0.25, 0.3) is 0 Å². The number of hydrogen-bond donors (Lipinski definition) is 13. The van der Waals surface area contributed by atoms with E-state index in [1.807, 2.05) is 6.26 Å². The predicted molar refractivity (Wildman–Crippen MR) is 235 cm³/mol. The Labute approximate surface area is 361 Å². The van der Waals surface area contributed by atoms with Gasteiger partial charge in [-0.25, -0.2) is 0 Å². The van der Waals surface area contributed by atoms with Crippen molar-refractivity contribution >= 4 is 11.8 Å². The molecule has 2 saturated heterocycles. The number of rotatable bonds is 33. The van der Waals surface area contributed by atoms with E-state index in [1.54, 1.807) is 26.0 Å². The highest BCUT2D eigenvalue weighted by Crippen LogP contribution is 2.28. The van der Waals surface area contributed by atoms with Gasteiger partial charge in [-0.05, 0) is 94.0 Å². The number of nitrogens with one attached hydrogen (secondary N) is 5. The zero-order chi connectivity index (χ0) is 44.1. The van der Waals surface area contributed by atoms with Crippen LogP contribution in [0.25, 0.3) is 0 Å². The first-order valence-corrected chi connectivity index (χ1v) is 24.4. The molecule has 2 unspecified atom stereocenters. The molecule has 0 aromatic rings. The molecule has 15 N–H and O–H groups in total. The fraction of sp³-hybridized carbons (Fsp3) is 1.00. The third-order valence-corrected chi connectivity index (χ3v) is 13.9. The summed E-state index contributed by atoms with van der Waals surface area (Å²) >= 11 is 1.67. The molecule has 0 bridgehead atoms. The van der Waals surface area contributed by atoms with Gasteiger partial charge >= 0.3 is 0 Å². The lowest BCUT2D eigenvalue weighted by atomic mass is 9.84. The summed E-state index contributed by atoms with van der Waals surface area (Å²) in [6.07, 6.45) is 5.18. The van der Waals surface area contributed by atoms with Crippen molar-refractivity contribution in [2.75, 3.05) is 52.7 Å². The van der Waals surface area contributed by atoms with E-state index < -0.39 is 55.2 Å². The van der Waals surface area contributed by atoms with Crippen LogP contribution >= 0.6 is 11.8 Å². The van der Waals surface area contributed by atoms with Gasteiger partial charge in [-0.2, -0.15) is 11.8 Å². The fourth-order valence-corrected chi connectivity index (χ4v) is 9.90. The van der Waals surface area contributed by atoms with Crippen LogP contribution in [0, 0.1) is 29.6 Å². The minimum atomic E-state index is -1.21. The van der Waals surface area contributed by atoms with Crippen molar-refractivity contribution in [3.05, 3.63) is 0 Å². The molecule has 352 valence electrons. The molecule has 0 aromatic heterocycles. The zero-order valence-electron chi connectivity index (χ0n) is 38.1. The van der Waals surface area contributed by atoms with Gasteiger partial charge in [0, 0.05) is 65.3 Å². The lowest BCUT2D eigenvalue weighted by Crippen LogP contribution is -3.20. The van der Waals surface area contributed by atoms with E-state index in [2.05, 4.69) is 61.6 Å². The Morgan fingerprint density at radius 2 is 1.56 bits per heavy atom. The van der Waals surface area contributed by atoms with Gasteiger partial charge in [0.15, 0.2) is 0 Å². The van der Waals surface area contributed by atoms with Crippen LogP contribution in [-0.2, 0) is 9.47 Å². The topological polar surface area (TPSA) is 240 Å². The molecule has 2 aliphatic rings. The Balaban J connectivity index is 2.23. The monoisotopic (exact) mass is 869 g/mol. The average molecular weight is 869 g/mol. The van der Waals surface area contributed by atoms with Gasteiger partial charge in [-0.1, -0.05) is 40.5 Å². The first kappa shape index (κ1) is 54.9. The van der Waals surface area contributed by atoms with Crippen molar-refractivity contribution < 1.29 is 55.9 Å². The molecule has 2 fully saturated rings. The summed E-state index contributed by atoms with van der Waals surface area (Å²) in [4.78, 5) is 0.923. The van der Waals surface area contributed by atoms with Crippen LogP contribution in [0.4, 0.5) is 0 Å². The van der Waals surface area contributed by atoms with E-state index in [1.165, 1.54) is 0 Å². The van der Waals surface area contributed by atoms with E-state index in [9.17, 15) is 35.7 Å². The summed E-state index contributed by atoms with van der Waals surface area (Å²) < 4.78 is 11.3. The van der Waals surface area contributed by atoms with E-state index in [4.69, 9.17) is 9.47 Å². The minimum Gasteiger partial charge on any atom is -0.396 e. The Bertz CT molecular complexity index is 1060. The standard InChI is InChI=1S/C43H90N6O9S/c1-9-28(4)32(25-57-6)22-39(53)36-15-12-17-49(36)43(56)33(14-11-10-13-29(5)44)47-41(55)31(24-50)21-37(51)30(16-18-59-8)20-38(52)34(19-27(2)3)48-42(58-7)35-23-40(54)46-26-45-35/h27-43,45-48,50-56H,9-26,44H2,1-8H3/p+2/t28-,29?,30+,31-,32+,33-,34-,35-,36-,37+,38+,39-,40+,41-,42-,43-/m0/s1. The Morgan fingerprint density at radius 1 is 0.864 bits per heavy atom. The molecule has 2 heterocycles. The number of methoxy groups -OCH3 is 2. The lowest BCUT2D eigenvalue weighted by Gasteiger charge is -2.38. The smallest absolute Gasteiger partial charge is 0.205 e. The third-order valence-electron chi connectivity index (χ3n) is 13.3. The lowest BCUT2D eigenvalue weighted by molar-refractivity contribution is -0.963. The van der Waals surface area contributed by atoms with Crippen LogP contribution < -0.4 is 31.9 Å². The van der Waals surface area contributed by atoms with E-state index in [-0.39, 0.29) is 48.9 Å². The SMILES string of the molecule is CC[C@H](C)[C@@H](COC)C[C@H](O)[C@@H]1CCC[NH+]1[C@@H](O)[C@H](CCCCC(C)[NH3+])N[C@@H](O)[C@H](CO)C[C@@H](O)[C@H](CCSC)C[C@@H](O)[C@H](CC(C)C)N[C@@H](OC)[C@@H]1C[C@@H](O)NCN1. The summed E-state index contributed by atoms with van der Waals surface area (Å²) in [5.74, 6) is 0.609. The van der Waals surface area contributed by atoms with Crippen molar-refractivity contribution in [1.82, 2.24) is 21.3 Å². The van der Waals surface area contributed by atoms with Crippen molar-refractivity contribution in [2.45, 2.75) is 192 Å². The molecule has 2 rings (SSSR count). The molecule has 59 heavy (non-hydrogen) atoms. The molecule has 0 amide bonds. The molecule has 15 nitrogen and oxygen atoms in total. The van der Waals surface area contributed by atoms with Crippen LogP contribution in [0.1, 0.15) is 118 Å². The molecule has 17 atom stereocenters. The second kappa shape index (κ2) is 30.0. The summed E-state index contributed by atoms with van der Waals surface area (Å²) in [5, 5.41) is 92.9. The quantitative estimate of drug-likeness (QED) is 0.0296. The third kappa shape index (κ3) is 19.6. The number of unbranched alkanes of at least 4 members (excludes halogenated alkanes) is 1. The van der Waals surface area contributed by atoms with E-state index >= 15 is 0 Å². The number of ether oxygens (including phenoxy) is 2. The summed E-state index contributed by atoms with van der Waals surface area (Å²) in [6, 6.07) is -0.865. The van der Waals surface area contributed by atoms with Crippen LogP contribution in [0.15, 0.2) is 0 Å². The second-order valence-electron chi connectivity index (χ2n) is 18.6. The molecule has 0 aromatic carbocycles. The first-order valence-electron chi connectivity index (χ1n) is 23.0. The van der Waals surface area contributed by atoms with Crippen LogP contribution in [-0.4, -0.2) is 162 Å². The van der Waals surface area contributed by atoms with Crippen LogP contribution in [0.2, 0.25) is 0 Å². The minimum absolute atomic E-state index is 0.104. The van der Waals surface area contributed by atoms with Gasteiger partial charge in [0.1, 0.15) is 30.8 Å². The summed E-state index contributed by atoms with van der Waals surface area (Å²) in [5.41, 5.74) is 4.12. The first-order chi connectivity index (χ1) is 28.1. The van der Waals surface area contributed by atoms with Crippen molar-refractivity contribution in [3.63, 3.8) is 0 Å². The Hall–Kier alpha value is -0.250. The van der Waals surface area contributed by atoms with Gasteiger partial charge in [-0.3, -0.25) is 21.3 Å². The fourth-order valence-electron chi connectivity index (χ4n) is 9.36. The molecule has 16 heteroatoms. The number of thioether (sulfide) groups is 1. The second-order valence-corrected chi connectivity index (χ2v) is 19.6. The highest BCUT2D eigenvalue weighted by atomic mass is 32.2. The average Bonchev–Trinajstić information content (AvgIpc) is 3.70. The zero-order valence-corrected chi connectivity index (χ0v) is 38.9. The van der Waals surface area contributed by atoms with Gasteiger partial charge in [-0.15, -0.1) is 0 Å². The largest absolute Gasteiger partial charge is 0.396 e. The maximum absolute atomic E-state index is 12.1. The van der Waals surface area contributed by atoms with Crippen LogP contribution in [0.5, 0.6) is 0 Å². The van der Waals surface area contributed by atoms with Gasteiger partial charge in [0.2, 0.25) is 6.23 Å². The molecule has 2 aliphatic heterocycles. The molecule has 0 saturated carbocycles. The maximum Gasteiger partial charge on any atom is 0.205 e. The Morgan fingerprint density at radius 3 is 2.15 bits per heavy atom. The number of aliphatic hydroxyl groups is 7. The van der Waals surface area contributed by atoms with Gasteiger partial charge in [0.05, 0.1) is 36.9 Å². The summed E-state index contributed by atoms with van der Waals surface area (Å²) in [7, 11) is 3.31. The molecule has 0 aliphatic carbocycles. The van der Waals surface area contributed by atoms with Crippen molar-refractivity contribution in [3.8, 4) is 0 Å². The number of likely N-dealkylation sites (tertiary alicyclic amines) is 1. The van der Waals surface area contributed by atoms with E-state index in [0.29, 0.717) is 70.3 Å². The number of quaternary nitrogens is 2. The predicted octanol–water partition coefficient (Wildman–Crippen LogP) is -0.437. The normalized spacial score (nSPS) is 27.0.